The molecule has 0 bridgehead atoms. The van der Waals surface area contributed by atoms with Gasteiger partial charge in [0.1, 0.15) is 11.7 Å². The van der Waals surface area contributed by atoms with Crippen molar-refractivity contribution in [2.75, 3.05) is 18.8 Å². The number of rotatable bonds is 4. The zero-order valence-electron chi connectivity index (χ0n) is 20.0. The second-order valence-corrected chi connectivity index (χ2v) is 10.1. The average molecular weight is 463 g/mol. The van der Waals surface area contributed by atoms with Crippen LogP contribution in [0.5, 0.6) is 5.75 Å². The predicted octanol–water partition coefficient (Wildman–Crippen LogP) is 3.95. The van der Waals surface area contributed by atoms with Crippen molar-refractivity contribution in [2.45, 2.75) is 57.8 Å². The lowest BCUT2D eigenvalue weighted by Gasteiger charge is -2.47. The van der Waals surface area contributed by atoms with Gasteiger partial charge in [-0.1, -0.05) is 6.07 Å². The molecule has 2 aliphatic rings. The van der Waals surface area contributed by atoms with Crippen LogP contribution in [0.1, 0.15) is 51.6 Å². The number of hydrogen-bond donors (Lipinski definition) is 1. The minimum absolute atomic E-state index is 0.0732. The highest BCUT2D eigenvalue weighted by Gasteiger charge is 2.52. The van der Waals surface area contributed by atoms with Crippen LogP contribution in [0.3, 0.4) is 0 Å². The van der Waals surface area contributed by atoms with E-state index in [1.807, 2.05) is 56.6 Å². The van der Waals surface area contributed by atoms with Crippen molar-refractivity contribution in [2.24, 2.45) is 0 Å². The van der Waals surface area contributed by atoms with Crippen molar-refractivity contribution in [1.29, 1.82) is 0 Å². The number of amides is 1. The lowest BCUT2D eigenvalue weighted by atomic mass is 9.76. The van der Waals surface area contributed by atoms with E-state index in [1.165, 1.54) is 0 Å². The highest BCUT2D eigenvalue weighted by molar-refractivity contribution is 5.71. The summed E-state index contributed by atoms with van der Waals surface area (Å²) in [4.78, 5) is 22.9. The molecule has 2 aliphatic heterocycles. The van der Waals surface area contributed by atoms with Gasteiger partial charge in [-0.05, 0) is 58.4 Å². The fourth-order valence-electron chi connectivity index (χ4n) is 4.62. The summed E-state index contributed by atoms with van der Waals surface area (Å²) in [6.07, 6.45) is 3.88. The minimum atomic E-state index is -0.500. The molecule has 0 aromatic carbocycles. The van der Waals surface area contributed by atoms with Gasteiger partial charge >= 0.3 is 6.09 Å². The van der Waals surface area contributed by atoms with Crippen LogP contribution in [-0.2, 0) is 16.7 Å². The summed E-state index contributed by atoms with van der Waals surface area (Å²) < 4.78 is 13.6. The molecule has 0 aliphatic carbocycles. The molecule has 9 heteroatoms. The Morgan fingerprint density at radius 2 is 2.00 bits per heavy atom. The van der Waals surface area contributed by atoms with E-state index in [1.54, 1.807) is 17.3 Å². The predicted molar refractivity (Wildman–Crippen MR) is 127 cm³/mol. The van der Waals surface area contributed by atoms with Gasteiger partial charge in [-0.3, -0.25) is 9.67 Å². The summed E-state index contributed by atoms with van der Waals surface area (Å²) in [6.45, 7) is 9.68. The van der Waals surface area contributed by atoms with E-state index < -0.39 is 5.60 Å². The molecule has 34 heavy (non-hydrogen) atoms. The molecule has 0 unspecified atom stereocenters. The topological polar surface area (TPSA) is 108 Å². The fourth-order valence-corrected chi connectivity index (χ4v) is 4.62. The molecule has 178 valence electrons. The largest absolute Gasteiger partial charge is 0.481 e. The number of pyridine rings is 2. The van der Waals surface area contributed by atoms with Crippen LogP contribution in [-0.4, -0.2) is 49.4 Å². The zero-order valence-corrected chi connectivity index (χ0v) is 20.0. The van der Waals surface area contributed by atoms with Gasteiger partial charge in [0, 0.05) is 48.7 Å². The molecule has 3 aromatic rings. The highest BCUT2D eigenvalue weighted by Crippen LogP contribution is 2.44. The van der Waals surface area contributed by atoms with Crippen molar-refractivity contribution >= 4 is 11.9 Å². The Balaban J connectivity index is 1.33. The van der Waals surface area contributed by atoms with Gasteiger partial charge in [0.2, 0.25) is 0 Å². The third-order valence-electron chi connectivity index (χ3n) is 6.35. The van der Waals surface area contributed by atoms with E-state index in [0.29, 0.717) is 24.7 Å². The summed E-state index contributed by atoms with van der Waals surface area (Å²) >= 11 is 0. The Morgan fingerprint density at radius 3 is 2.71 bits per heavy atom. The number of likely N-dealkylation sites (tertiary alicyclic amines) is 1. The van der Waals surface area contributed by atoms with Gasteiger partial charge in [-0.25, -0.2) is 9.78 Å². The number of aromatic nitrogens is 4. The second-order valence-electron chi connectivity index (χ2n) is 10.1. The molecule has 5 heterocycles. The first-order valence-corrected chi connectivity index (χ1v) is 11.5. The molecular formula is C25H30N6O3. The molecule has 1 atom stereocenters. The van der Waals surface area contributed by atoms with Gasteiger partial charge in [0.05, 0.1) is 11.4 Å². The van der Waals surface area contributed by atoms with Gasteiger partial charge < -0.3 is 20.1 Å². The third-order valence-corrected chi connectivity index (χ3v) is 6.35. The molecule has 1 fully saturated rings. The molecule has 1 amide bonds. The number of hydrogen-bond acceptors (Lipinski definition) is 7. The lowest BCUT2D eigenvalue weighted by molar-refractivity contribution is -0.00969. The van der Waals surface area contributed by atoms with Crippen LogP contribution >= 0.6 is 0 Å². The molecule has 0 radical (unpaired) electrons. The molecule has 1 saturated heterocycles. The number of anilines is 1. The molecule has 1 spiro atoms. The van der Waals surface area contributed by atoms with Gasteiger partial charge in [0.15, 0.2) is 11.6 Å². The Kier molecular flexibility index (Phi) is 5.22. The smallest absolute Gasteiger partial charge is 0.410 e. The average Bonchev–Trinajstić information content (AvgIpc) is 3.33. The van der Waals surface area contributed by atoms with Gasteiger partial charge in [-0.15, -0.1) is 0 Å². The second kappa shape index (κ2) is 8.00. The number of carbonyl (C=O) groups is 1. The number of nitrogens with zero attached hydrogens (tertiary/aromatic N) is 5. The summed E-state index contributed by atoms with van der Waals surface area (Å²) in [5.41, 5.74) is 9.12. The first-order chi connectivity index (χ1) is 16.1. The van der Waals surface area contributed by atoms with E-state index in [-0.39, 0.29) is 17.6 Å². The standard InChI is InChI=1S/C25H30N6O3/c1-16(18-7-5-6-9-27-18)33-20-11-17(13-28-22(20)26)19-12-21-25(8-10-31(21)29-19)14-30(15-25)23(32)34-24(2,3)4/h5-7,9,11-13,16H,8,10,14-15H2,1-4H3,(H2,26,28)/t16-/m0/s1. The van der Waals surface area contributed by atoms with Gasteiger partial charge in [0.25, 0.3) is 0 Å². The van der Waals surface area contributed by atoms with Crippen molar-refractivity contribution in [3.05, 3.63) is 54.1 Å². The first-order valence-electron chi connectivity index (χ1n) is 11.5. The Bertz CT molecular complexity index is 1210. The molecule has 3 aromatic heterocycles. The SMILES string of the molecule is C[C@H](Oc1cc(-c2cc3n(n2)CCC32CN(C(=O)OC(C)(C)C)C2)cnc1N)c1ccccn1. The lowest BCUT2D eigenvalue weighted by Crippen LogP contribution is -2.61. The number of ether oxygens (including phenoxy) is 2. The number of fused-ring (bicyclic) bond motifs is 2. The maximum Gasteiger partial charge on any atom is 0.410 e. The van der Waals surface area contributed by atoms with E-state index in [0.717, 1.165) is 35.6 Å². The monoisotopic (exact) mass is 462 g/mol. The molecule has 9 nitrogen and oxygen atoms in total. The van der Waals surface area contributed by atoms with Gasteiger partial charge in [-0.2, -0.15) is 5.10 Å². The van der Waals surface area contributed by atoms with Crippen LogP contribution in [0.15, 0.2) is 42.7 Å². The normalized spacial score (nSPS) is 17.2. The summed E-state index contributed by atoms with van der Waals surface area (Å²) in [6, 6.07) is 9.68. The van der Waals surface area contributed by atoms with E-state index in [2.05, 4.69) is 16.0 Å². The number of nitrogen functional groups attached to an aromatic ring is 1. The fraction of sp³-hybridized carbons (Fsp3) is 0.440. The quantitative estimate of drug-likeness (QED) is 0.625. The van der Waals surface area contributed by atoms with E-state index >= 15 is 0 Å². The van der Waals surface area contributed by atoms with E-state index in [4.69, 9.17) is 20.3 Å². The van der Waals surface area contributed by atoms with Crippen LogP contribution in [0.4, 0.5) is 10.6 Å². The Morgan fingerprint density at radius 1 is 1.21 bits per heavy atom. The number of carbonyl (C=O) groups excluding carboxylic acids is 1. The third kappa shape index (κ3) is 4.06. The van der Waals surface area contributed by atoms with Crippen molar-refractivity contribution in [1.82, 2.24) is 24.6 Å². The highest BCUT2D eigenvalue weighted by atomic mass is 16.6. The number of nitrogens with two attached hydrogens (primary N) is 1. The van der Waals surface area contributed by atoms with Crippen molar-refractivity contribution in [3.63, 3.8) is 0 Å². The molecule has 0 saturated carbocycles. The molecule has 5 rings (SSSR count). The zero-order chi connectivity index (χ0) is 24.1. The summed E-state index contributed by atoms with van der Waals surface area (Å²) in [5.74, 6) is 0.819. The van der Waals surface area contributed by atoms with Crippen LogP contribution in [0.2, 0.25) is 0 Å². The maximum absolute atomic E-state index is 12.4. The molecule has 2 N–H and O–H groups in total. The van der Waals surface area contributed by atoms with E-state index in [9.17, 15) is 4.79 Å². The summed E-state index contributed by atoms with van der Waals surface area (Å²) in [7, 11) is 0. The Labute approximate surface area is 198 Å². The van der Waals surface area contributed by atoms with Crippen LogP contribution < -0.4 is 10.5 Å². The minimum Gasteiger partial charge on any atom is -0.481 e. The molecular weight excluding hydrogens is 432 g/mol. The number of aryl methyl sites for hydroxylation is 1. The Hall–Kier alpha value is -3.62. The maximum atomic E-state index is 12.4. The van der Waals surface area contributed by atoms with Crippen molar-refractivity contribution < 1.29 is 14.3 Å². The van der Waals surface area contributed by atoms with Crippen LogP contribution in [0, 0.1) is 0 Å². The van der Waals surface area contributed by atoms with Crippen molar-refractivity contribution in [3.8, 4) is 17.0 Å². The first kappa shape index (κ1) is 22.2. The van der Waals surface area contributed by atoms with Crippen LogP contribution in [0.25, 0.3) is 11.3 Å². The summed E-state index contributed by atoms with van der Waals surface area (Å²) in [5, 5.41) is 4.81.